The Morgan fingerprint density at radius 1 is 1.25 bits per heavy atom. The number of aliphatic hydroxyl groups excluding tert-OH is 1. The molecule has 6 heteroatoms. The smallest absolute Gasteiger partial charge is 0.166 e. The topological polar surface area (TPSA) is 67.8 Å². The molecule has 1 rings (SSSR count). The minimum Gasteiger partial charge on any atom is -0.497 e. The number of Topliss-reactive ketones (excluding diaryl/α,β-unsaturated/α-hetero) is 1. The molecule has 0 aliphatic heterocycles. The van der Waals surface area contributed by atoms with Gasteiger partial charge in [0.25, 0.3) is 0 Å². The summed E-state index contributed by atoms with van der Waals surface area (Å²) in [4.78, 5) is 12.3. The SMILES string of the molecule is COc1ccc(C(=O)CC(C)C)c(OC[C@@H](O)CNC(C)C)c1.Cl. The van der Waals surface area contributed by atoms with Gasteiger partial charge in [-0.15, -0.1) is 12.4 Å². The second kappa shape index (κ2) is 11.3. The number of methoxy groups -OCH3 is 1. The highest BCUT2D eigenvalue weighted by Gasteiger charge is 2.16. The number of ketones is 1. The molecule has 2 N–H and O–H groups in total. The van der Waals surface area contributed by atoms with E-state index in [0.29, 0.717) is 36.1 Å². The Kier molecular flexibility index (Phi) is 10.7. The third-order valence-corrected chi connectivity index (χ3v) is 3.28. The fourth-order valence-electron chi connectivity index (χ4n) is 2.08. The molecule has 0 bridgehead atoms. The van der Waals surface area contributed by atoms with E-state index in [4.69, 9.17) is 9.47 Å². The van der Waals surface area contributed by atoms with Crippen molar-refractivity contribution in [1.29, 1.82) is 0 Å². The first-order valence-corrected chi connectivity index (χ1v) is 8.09. The van der Waals surface area contributed by atoms with Crippen LogP contribution in [-0.2, 0) is 0 Å². The lowest BCUT2D eigenvalue weighted by molar-refractivity contribution is 0.0934. The maximum atomic E-state index is 12.3. The Morgan fingerprint density at radius 3 is 2.46 bits per heavy atom. The predicted octanol–water partition coefficient (Wildman–Crippen LogP) is 3.08. The quantitative estimate of drug-likeness (QED) is 0.628. The molecule has 0 aliphatic rings. The van der Waals surface area contributed by atoms with Gasteiger partial charge in [0, 0.05) is 25.1 Å². The van der Waals surface area contributed by atoms with Gasteiger partial charge in [-0.2, -0.15) is 0 Å². The summed E-state index contributed by atoms with van der Waals surface area (Å²) in [7, 11) is 1.57. The van der Waals surface area contributed by atoms with Gasteiger partial charge in [-0.25, -0.2) is 0 Å². The van der Waals surface area contributed by atoms with Crippen LogP contribution in [0.15, 0.2) is 18.2 Å². The Morgan fingerprint density at radius 2 is 1.92 bits per heavy atom. The van der Waals surface area contributed by atoms with E-state index in [1.807, 2.05) is 27.7 Å². The number of hydrogen-bond donors (Lipinski definition) is 2. The van der Waals surface area contributed by atoms with Crippen molar-refractivity contribution in [1.82, 2.24) is 5.32 Å². The van der Waals surface area contributed by atoms with Gasteiger partial charge in [0.2, 0.25) is 0 Å². The summed E-state index contributed by atoms with van der Waals surface area (Å²) in [6.07, 6.45) is -0.184. The van der Waals surface area contributed by atoms with Gasteiger partial charge in [-0.1, -0.05) is 27.7 Å². The van der Waals surface area contributed by atoms with Crippen LogP contribution < -0.4 is 14.8 Å². The number of nitrogens with one attached hydrogen (secondary N) is 1. The second-order valence-electron chi connectivity index (χ2n) is 6.41. The van der Waals surface area contributed by atoms with Crippen molar-refractivity contribution in [2.75, 3.05) is 20.3 Å². The number of carbonyl (C=O) groups is 1. The summed E-state index contributed by atoms with van der Waals surface area (Å²) in [6, 6.07) is 5.45. The molecular formula is C18H30ClNO4. The summed E-state index contributed by atoms with van der Waals surface area (Å²) in [5, 5.41) is 13.1. The maximum absolute atomic E-state index is 12.3. The van der Waals surface area contributed by atoms with E-state index in [-0.39, 0.29) is 30.7 Å². The van der Waals surface area contributed by atoms with Gasteiger partial charge >= 0.3 is 0 Å². The molecule has 24 heavy (non-hydrogen) atoms. The fourth-order valence-corrected chi connectivity index (χ4v) is 2.08. The van der Waals surface area contributed by atoms with Crippen molar-refractivity contribution in [2.45, 2.75) is 46.3 Å². The van der Waals surface area contributed by atoms with Gasteiger partial charge < -0.3 is 19.9 Å². The first kappa shape index (κ1) is 22.7. The summed E-state index contributed by atoms with van der Waals surface area (Å²) in [6.45, 7) is 8.59. The molecule has 0 saturated heterocycles. The van der Waals surface area contributed by atoms with Gasteiger partial charge in [0.15, 0.2) is 5.78 Å². The monoisotopic (exact) mass is 359 g/mol. The van der Waals surface area contributed by atoms with Crippen molar-refractivity contribution in [3.8, 4) is 11.5 Å². The number of rotatable bonds is 10. The third-order valence-electron chi connectivity index (χ3n) is 3.28. The van der Waals surface area contributed by atoms with E-state index in [2.05, 4.69) is 5.32 Å². The number of ether oxygens (including phenoxy) is 2. The first-order valence-electron chi connectivity index (χ1n) is 8.09. The molecule has 0 radical (unpaired) electrons. The van der Waals surface area contributed by atoms with Crippen molar-refractivity contribution >= 4 is 18.2 Å². The molecule has 0 spiro atoms. The Bertz CT molecular complexity index is 506. The number of halogens is 1. The van der Waals surface area contributed by atoms with Crippen molar-refractivity contribution < 1.29 is 19.4 Å². The standard InChI is InChI=1S/C18H29NO4.ClH/c1-12(2)8-17(21)16-7-6-15(22-5)9-18(16)23-11-14(20)10-19-13(3)4;/h6-7,9,12-14,19-20H,8,10-11H2,1-5H3;1H/t14-;/m0./s1. The van der Waals surface area contributed by atoms with Crippen molar-refractivity contribution in [3.05, 3.63) is 23.8 Å². The number of carbonyl (C=O) groups excluding carboxylic acids is 1. The van der Waals surface area contributed by atoms with E-state index < -0.39 is 6.10 Å². The highest BCUT2D eigenvalue weighted by Crippen LogP contribution is 2.27. The predicted molar refractivity (Wildman–Crippen MR) is 98.7 cm³/mol. The minimum atomic E-state index is -0.642. The number of benzene rings is 1. The van der Waals surface area contributed by atoms with E-state index in [9.17, 15) is 9.90 Å². The van der Waals surface area contributed by atoms with Crippen LogP contribution in [0.5, 0.6) is 11.5 Å². The zero-order chi connectivity index (χ0) is 17.4. The molecule has 0 aromatic heterocycles. The lowest BCUT2D eigenvalue weighted by Crippen LogP contribution is -2.35. The summed E-state index contributed by atoms with van der Waals surface area (Å²) in [5.74, 6) is 1.39. The van der Waals surface area contributed by atoms with Gasteiger partial charge in [0.05, 0.1) is 12.7 Å². The Balaban J connectivity index is 0.00000529. The average Bonchev–Trinajstić information content (AvgIpc) is 2.49. The van der Waals surface area contributed by atoms with Gasteiger partial charge in [-0.3, -0.25) is 4.79 Å². The van der Waals surface area contributed by atoms with Crippen LogP contribution in [0.2, 0.25) is 0 Å². The molecule has 0 unspecified atom stereocenters. The zero-order valence-corrected chi connectivity index (χ0v) is 16.0. The van der Waals surface area contributed by atoms with Gasteiger partial charge in [0.1, 0.15) is 24.2 Å². The molecule has 0 heterocycles. The fraction of sp³-hybridized carbons (Fsp3) is 0.611. The molecule has 5 nitrogen and oxygen atoms in total. The number of hydrogen-bond acceptors (Lipinski definition) is 5. The summed E-state index contributed by atoms with van der Waals surface area (Å²) >= 11 is 0. The van der Waals surface area contributed by atoms with E-state index in [0.717, 1.165) is 0 Å². The lowest BCUT2D eigenvalue weighted by Gasteiger charge is -2.17. The maximum Gasteiger partial charge on any atom is 0.166 e. The van der Waals surface area contributed by atoms with Crippen LogP contribution in [-0.4, -0.2) is 43.3 Å². The molecule has 0 amide bonds. The highest BCUT2D eigenvalue weighted by atomic mass is 35.5. The lowest BCUT2D eigenvalue weighted by atomic mass is 10.0. The molecule has 1 aromatic rings. The molecule has 0 aliphatic carbocycles. The van der Waals surface area contributed by atoms with Crippen molar-refractivity contribution in [2.24, 2.45) is 5.92 Å². The highest BCUT2D eigenvalue weighted by molar-refractivity contribution is 5.99. The van der Waals surface area contributed by atoms with E-state index >= 15 is 0 Å². The van der Waals surface area contributed by atoms with Crippen LogP contribution in [0.3, 0.4) is 0 Å². The van der Waals surface area contributed by atoms with E-state index in [1.165, 1.54) is 0 Å². The normalized spacial score (nSPS) is 12.0. The number of aliphatic hydroxyl groups is 1. The van der Waals surface area contributed by atoms with Gasteiger partial charge in [-0.05, 0) is 18.1 Å². The average molecular weight is 360 g/mol. The van der Waals surface area contributed by atoms with Crippen LogP contribution in [0.1, 0.15) is 44.5 Å². The second-order valence-corrected chi connectivity index (χ2v) is 6.41. The van der Waals surface area contributed by atoms with E-state index in [1.54, 1.807) is 25.3 Å². The van der Waals surface area contributed by atoms with Crippen molar-refractivity contribution in [3.63, 3.8) is 0 Å². The molecule has 0 fully saturated rings. The molecule has 1 atom stereocenters. The Hall–Kier alpha value is -1.30. The Labute approximate surface area is 151 Å². The van der Waals surface area contributed by atoms with Crippen LogP contribution in [0, 0.1) is 5.92 Å². The first-order chi connectivity index (χ1) is 10.8. The van der Waals surface area contributed by atoms with Crippen LogP contribution in [0.4, 0.5) is 0 Å². The summed E-state index contributed by atoms with van der Waals surface area (Å²) in [5.41, 5.74) is 0.531. The third kappa shape index (κ3) is 7.99. The molecular weight excluding hydrogens is 330 g/mol. The molecule has 138 valence electrons. The minimum absolute atomic E-state index is 0. The molecule has 1 aromatic carbocycles. The summed E-state index contributed by atoms with van der Waals surface area (Å²) < 4.78 is 10.9. The largest absolute Gasteiger partial charge is 0.497 e. The van der Waals surface area contributed by atoms with Crippen LogP contribution >= 0.6 is 12.4 Å². The zero-order valence-electron chi connectivity index (χ0n) is 15.2. The molecule has 0 saturated carbocycles. The van der Waals surface area contributed by atoms with Crippen LogP contribution in [0.25, 0.3) is 0 Å².